The Balaban J connectivity index is 2.34. The third-order valence-corrected chi connectivity index (χ3v) is 3.36. The van der Waals surface area contributed by atoms with Crippen LogP contribution >= 0.6 is 0 Å². The summed E-state index contributed by atoms with van der Waals surface area (Å²) < 4.78 is 5.64. The molecule has 0 radical (unpaired) electrons. The number of nitrogens with zero attached hydrogens (tertiary/aromatic N) is 2. The third-order valence-electron chi connectivity index (χ3n) is 3.36. The molecule has 0 atom stereocenters. The molecule has 0 heterocycles. The first-order valence-corrected chi connectivity index (χ1v) is 6.94. The Hall–Kier alpha value is -3.09. The second kappa shape index (κ2) is 6.78. The molecule has 0 saturated heterocycles. The lowest BCUT2D eigenvalue weighted by Gasteiger charge is -2.15. The summed E-state index contributed by atoms with van der Waals surface area (Å²) >= 11 is 0. The number of hydrogen-bond donors (Lipinski definition) is 1. The van der Waals surface area contributed by atoms with Gasteiger partial charge in [0.05, 0.1) is 4.92 Å². The van der Waals surface area contributed by atoms with Gasteiger partial charge < -0.3 is 9.84 Å². The van der Waals surface area contributed by atoms with E-state index in [4.69, 9.17) is 9.84 Å². The smallest absolute Gasteiger partial charge is 0.411 e. The van der Waals surface area contributed by atoms with Crippen LogP contribution in [0, 0.1) is 10.1 Å². The number of carbonyl (C=O) groups is 1. The second-order valence-corrected chi connectivity index (χ2v) is 4.85. The number of nitro benzene ring substituents is 1. The first kappa shape index (κ1) is 16.3. The fourth-order valence-corrected chi connectivity index (χ4v) is 2.02. The molecule has 120 valence electrons. The van der Waals surface area contributed by atoms with E-state index in [1.165, 1.54) is 25.2 Å². The molecular weight excluding hydrogens is 300 g/mol. The highest BCUT2D eigenvalue weighted by Gasteiger charge is 2.22. The Morgan fingerprint density at radius 2 is 1.83 bits per heavy atom. The summed E-state index contributed by atoms with van der Waals surface area (Å²) in [6, 6.07) is 11.4. The van der Waals surface area contributed by atoms with E-state index in [-0.39, 0.29) is 11.4 Å². The van der Waals surface area contributed by atoms with Crippen molar-refractivity contribution in [1.29, 1.82) is 0 Å². The predicted molar refractivity (Wildman–Crippen MR) is 85.4 cm³/mol. The highest BCUT2D eigenvalue weighted by Crippen LogP contribution is 2.33. The molecule has 0 bridgehead atoms. The fourth-order valence-electron chi connectivity index (χ4n) is 2.02. The minimum atomic E-state index is -1.29. The fraction of sp³-hybridized carbons (Fsp3) is 0.188. The highest BCUT2D eigenvalue weighted by atomic mass is 16.6. The Kier molecular flexibility index (Phi) is 4.80. The number of hydrogen-bond acceptors (Lipinski definition) is 4. The van der Waals surface area contributed by atoms with Gasteiger partial charge in [-0.15, -0.1) is 0 Å². The molecule has 0 aliphatic carbocycles. The topological polar surface area (TPSA) is 92.9 Å². The van der Waals surface area contributed by atoms with E-state index in [1.54, 1.807) is 12.1 Å². The number of ether oxygens (including phenoxy) is 1. The molecule has 0 spiro atoms. The molecule has 2 aromatic carbocycles. The molecule has 0 aliphatic rings. The van der Waals surface area contributed by atoms with Crippen molar-refractivity contribution in [3.63, 3.8) is 0 Å². The van der Waals surface area contributed by atoms with Crippen LogP contribution in [-0.4, -0.2) is 23.2 Å². The lowest BCUT2D eigenvalue weighted by molar-refractivity contribution is -0.384. The molecular formula is C16H16N2O5. The summed E-state index contributed by atoms with van der Waals surface area (Å²) in [5.74, 6) is 0.892. The van der Waals surface area contributed by atoms with Gasteiger partial charge in [0.1, 0.15) is 17.2 Å². The Bertz CT molecular complexity index is 728. The lowest BCUT2D eigenvalue weighted by Crippen LogP contribution is -2.24. The van der Waals surface area contributed by atoms with Crippen LogP contribution in [0.3, 0.4) is 0 Å². The number of rotatable bonds is 5. The largest absolute Gasteiger partial charge is 0.465 e. The molecule has 1 N–H and O–H groups in total. The van der Waals surface area contributed by atoms with Crippen LogP contribution in [0.25, 0.3) is 0 Å². The first-order chi connectivity index (χ1) is 10.9. The Morgan fingerprint density at radius 1 is 1.22 bits per heavy atom. The molecule has 7 nitrogen and oxygen atoms in total. The maximum atomic E-state index is 11.1. The predicted octanol–water partition coefficient (Wildman–Crippen LogP) is 4.06. The van der Waals surface area contributed by atoms with Crippen LogP contribution in [0.15, 0.2) is 42.5 Å². The maximum Gasteiger partial charge on any atom is 0.411 e. The average Bonchev–Trinajstić information content (AvgIpc) is 2.54. The van der Waals surface area contributed by atoms with Gasteiger partial charge in [-0.25, -0.2) is 4.79 Å². The van der Waals surface area contributed by atoms with E-state index in [9.17, 15) is 14.9 Å². The molecule has 2 aromatic rings. The molecule has 0 aliphatic heterocycles. The standard InChI is InChI=1S/C16H16N2O5/c1-3-11-4-6-12(7-5-11)23-13-8-9-14(18(21)22)15(10-13)17(2)16(19)20/h4-10H,3H2,1-2H3,(H,19,20). The van der Waals surface area contributed by atoms with Gasteiger partial charge in [0.15, 0.2) is 0 Å². The van der Waals surface area contributed by atoms with Crippen LogP contribution in [-0.2, 0) is 6.42 Å². The Morgan fingerprint density at radius 3 is 2.35 bits per heavy atom. The number of anilines is 1. The summed E-state index contributed by atoms with van der Waals surface area (Å²) in [6.45, 7) is 2.04. The van der Waals surface area contributed by atoms with Crippen molar-refractivity contribution in [2.24, 2.45) is 0 Å². The molecule has 0 unspecified atom stereocenters. The van der Waals surface area contributed by atoms with Crippen molar-refractivity contribution in [3.05, 3.63) is 58.1 Å². The summed E-state index contributed by atoms with van der Waals surface area (Å²) in [5.41, 5.74) is 0.807. The lowest BCUT2D eigenvalue weighted by atomic mass is 10.2. The van der Waals surface area contributed by atoms with Crippen LogP contribution in [0.1, 0.15) is 12.5 Å². The number of nitro groups is 1. The minimum absolute atomic E-state index is 0.0508. The first-order valence-electron chi connectivity index (χ1n) is 6.94. The molecule has 0 saturated carbocycles. The maximum absolute atomic E-state index is 11.1. The number of aryl methyl sites for hydroxylation is 1. The monoisotopic (exact) mass is 316 g/mol. The average molecular weight is 316 g/mol. The molecule has 7 heteroatoms. The van der Waals surface area contributed by atoms with E-state index < -0.39 is 11.0 Å². The number of carboxylic acid groups (broad SMARTS) is 1. The van der Waals surface area contributed by atoms with Crippen molar-refractivity contribution in [2.45, 2.75) is 13.3 Å². The van der Waals surface area contributed by atoms with E-state index in [2.05, 4.69) is 0 Å². The normalized spacial score (nSPS) is 10.2. The molecule has 23 heavy (non-hydrogen) atoms. The summed E-state index contributed by atoms with van der Waals surface area (Å²) in [5, 5.41) is 20.1. The van der Waals surface area contributed by atoms with E-state index in [0.717, 1.165) is 16.9 Å². The number of amides is 1. The zero-order valence-corrected chi connectivity index (χ0v) is 12.7. The Labute approximate surface area is 132 Å². The van der Waals surface area contributed by atoms with E-state index >= 15 is 0 Å². The molecule has 0 aromatic heterocycles. The van der Waals surface area contributed by atoms with Gasteiger partial charge in [-0.1, -0.05) is 19.1 Å². The van der Waals surface area contributed by atoms with Crippen molar-refractivity contribution in [3.8, 4) is 11.5 Å². The second-order valence-electron chi connectivity index (χ2n) is 4.85. The number of benzene rings is 2. The van der Waals surface area contributed by atoms with E-state index in [1.807, 2.05) is 19.1 Å². The van der Waals surface area contributed by atoms with Crippen LogP contribution in [0.2, 0.25) is 0 Å². The third kappa shape index (κ3) is 3.76. The van der Waals surface area contributed by atoms with Crippen LogP contribution < -0.4 is 9.64 Å². The van der Waals surface area contributed by atoms with Gasteiger partial charge in [0, 0.05) is 19.2 Å². The van der Waals surface area contributed by atoms with Gasteiger partial charge in [0.2, 0.25) is 0 Å². The van der Waals surface area contributed by atoms with Crippen molar-refractivity contribution in [1.82, 2.24) is 0 Å². The van der Waals surface area contributed by atoms with Gasteiger partial charge in [-0.3, -0.25) is 15.0 Å². The van der Waals surface area contributed by atoms with Crippen LogP contribution in [0.4, 0.5) is 16.2 Å². The van der Waals surface area contributed by atoms with Gasteiger partial charge >= 0.3 is 6.09 Å². The highest BCUT2D eigenvalue weighted by molar-refractivity contribution is 5.89. The minimum Gasteiger partial charge on any atom is -0.465 e. The van der Waals surface area contributed by atoms with Gasteiger partial charge in [-0.2, -0.15) is 0 Å². The zero-order valence-electron chi connectivity index (χ0n) is 12.7. The quantitative estimate of drug-likeness (QED) is 0.663. The van der Waals surface area contributed by atoms with Crippen LogP contribution in [0.5, 0.6) is 11.5 Å². The summed E-state index contributed by atoms with van der Waals surface area (Å²) in [7, 11) is 1.24. The van der Waals surface area contributed by atoms with Crippen molar-refractivity contribution < 1.29 is 19.6 Å². The van der Waals surface area contributed by atoms with E-state index in [0.29, 0.717) is 11.5 Å². The summed E-state index contributed by atoms with van der Waals surface area (Å²) in [4.78, 5) is 22.3. The van der Waals surface area contributed by atoms with Gasteiger partial charge in [0.25, 0.3) is 5.69 Å². The molecule has 1 amide bonds. The summed E-state index contributed by atoms with van der Waals surface area (Å²) in [6.07, 6.45) is -0.386. The van der Waals surface area contributed by atoms with Crippen molar-refractivity contribution >= 4 is 17.5 Å². The zero-order chi connectivity index (χ0) is 17.0. The van der Waals surface area contributed by atoms with Crippen molar-refractivity contribution in [2.75, 3.05) is 11.9 Å². The van der Waals surface area contributed by atoms with Gasteiger partial charge in [-0.05, 0) is 30.2 Å². The molecule has 2 rings (SSSR count). The molecule has 0 fully saturated rings. The SMILES string of the molecule is CCc1ccc(Oc2ccc([N+](=O)[O-])c(N(C)C(=O)O)c2)cc1.